The Kier molecular flexibility index (Phi) is 6.95. The molecule has 3 aromatic rings. The lowest BCUT2D eigenvalue weighted by Crippen LogP contribution is -2.10. The average Bonchev–Trinajstić information content (AvgIpc) is 3.17. The highest BCUT2D eigenvalue weighted by molar-refractivity contribution is 6.11. The molecule has 0 spiro atoms. The molecule has 0 saturated heterocycles. The van der Waals surface area contributed by atoms with Gasteiger partial charge in [0.1, 0.15) is 12.0 Å². The molecular weight excluding hydrogens is 360 g/mol. The number of unbranched alkanes of at least 4 members (excludes halogenated alkanes) is 2. The van der Waals surface area contributed by atoms with E-state index in [0.717, 1.165) is 12.1 Å². The maximum absolute atomic E-state index is 13.3. The van der Waals surface area contributed by atoms with Gasteiger partial charge in [-0.2, -0.15) is 0 Å². The number of aliphatic imine (C=N–C) groups is 1. The van der Waals surface area contributed by atoms with Crippen LogP contribution in [0.2, 0.25) is 0 Å². The Bertz CT molecular complexity index is 956. The summed E-state index contributed by atoms with van der Waals surface area (Å²) in [4.78, 5) is 23.9. The van der Waals surface area contributed by atoms with Crippen molar-refractivity contribution in [3.8, 4) is 5.69 Å². The zero-order valence-electron chi connectivity index (χ0n) is 17.4. The molecule has 0 aliphatic rings. The zero-order valence-corrected chi connectivity index (χ0v) is 17.4. The molecule has 5 nitrogen and oxygen atoms in total. The second-order valence-corrected chi connectivity index (χ2v) is 7.31. The first-order valence-corrected chi connectivity index (χ1v) is 10.1. The Morgan fingerprint density at radius 3 is 2.45 bits per heavy atom. The second kappa shape index (κ2) is 9.82. The quantitative estimate of drug-likeness (QED) is 0.223. The van der Waals surface area contributed by atoms with Crippen molar-refractivity contribution in [2.75, 3.05) is 14.1 Å². The molecule has 0 fully saturated rings. The maximum Gasteiger partial charge on any atom is 0.213 e. The third kappa shape index (κ3) is 5.19. The lowest BCUT2D eigenvalue weighted by Gasteiger charge is -2.10. The number of rotatable bonds is 9. The normalized spacial score (nSPS) is 11.1. The van der Waals surface area contributed by atoms with Crippen LogP contribution in [0.15, 0.2) is 65.9 Å². The fraction of sp³-hybridized carbons (Fsp3) is 0.292. The molecule has 0 atom stereocenters. The van der Waals surface area contributed by atoms with E-state index in [9.17, 15) is 4.79 Å². The highest BCUT2D eigenvalue weighted by atomic mass is 16.1. The first kappa shape index (κ1) is 20.5. The van der Waals surface area contributed by atoms with E-state index in [-0.39, 0.29) is 5.78 Å². The second-order valence-electron chi connectivity index (χ2n) is 7.31. The summed E-state index contributed by atoms with van der Waals surface area (Å²) in [6.07, 6.45) is 8.06. The largest absolute Gasteiger partial charge is 0.369 e. The molecule has 5 heteroatoms. The number of nitrogens with zero attached hydrogens (tertiary/aromatic N) is 4. The van der Waals surface area contributed by atoms with Crippen molar-refractivity contribution in [2.24, 2.45) is 4.99 Å². The molecule has 3 rings (SSSR count). The van der Waals surface area contributed by atoms with E-state index in [4.69, 9.17) is 0 Å². The molecule has 0 saturated carbocycles. The highest BCUT2D eigenvalue weighted by Crippen LogP contribution is 2.25. The number of ketones is 1. The third-order valence-electron chi connectivity index (χ3n) is 4.69. The van der Waals surface area contributed by atoms with Crippen molar-refractivity contribution < 1.29 is 4.79 Å². The summed E-state index contributed by atoms with van der Waals surface area (Å²) in [5.74, 6) is 0.320. The van der Waals surface area contributed by atoms with E-state index < -0.39 is 0 Å². The molecule has 0 N–H and O–H groups in total. The minimum Gasteiger partial charge on any atom is -0.369 e. The van der Waals surface area contributed by atoms with Crippen molar-refractivity contribution in [3.63, 3.8) is 0 Å². The number of benzene rings is 2. The topological polar surface area (TPSA) is 50.5 Å². The third-order valence-corrected chi connectivity index (χ3v) is 4.69. The van der Waals surface area contributed by atoms with Gasteiger partial charge < -0.3 is 4.90 Å². The van der Waals surface area contributed by atoms with Crippen molar-refractivity contribution in [1.82, 2.24) is 14.5 Å². The maximum atomic E-state index is 13.3. The van der Waals surface area contributed by atoms with Crippen LogP contribution in [0.5, 0.6) is 0 Å². The molecular formula is C24H28N4O. The van der Waals surface area contributed by atoms with Crippen LogP contribution >= 0.6 is 0 Å². The van der Waals surface area contributed by atoms with Gasteiger partial charge in [-0.15, -0.1) is 0 Å². The minimum atomic E-state index is -0.0963. The van der Waals surface area contributed by atoms with Crippen molar-refractivity contribution in [3.05, 3.63) is 77.7 Å². The number of hydrogen-bond donors (Lipinski definition) is 0. The van der Waals surface area contributed by atoms with Gasteiger partial charge in [0.15, 0.2) is 5.82 Å². The predicted molar refractivity (Wildman–Crippen MR) is 119 cm³/mol. The van der Waals surface area contributed by atoms with E-state index in [1.165, 1.54) is 24.8 Å². The lowest BCUT2D eigenvalue weighted by atomic mass is 10.1. The van der Waals surface area contributed by atoms with Crippen molar-refractivity contribution in [2.45, 2.75) is 32.6 Å². The molecule has 150 valence electrons. The monoisotopic (exact) mass is 388 g/mol. The van der Waals surface area contributed by atoms with Crippen LogP contribution in [0.1, 0.15) is 47.8 Å². The van der Waals surface area contributed by atoms with E-state index in [1.807, 2.05) is 66.0 Å². The molecule has 0 amide bonds. The first-order chi connectivity index (χ1) is 14.1. The minimum absolute atomic E-state index is 0.0963. The average molecular weight is 389 g/mol. The Labute approximate surface area is 172 Å². The Morgan fingerprint density at radius 1 is 1.07 bits per heavy atom. The lowest BCUT2D eigenvalue weighted by molar-refractivity contribution is 0.103. The van der Waals surface area contributed by atoms with E-state index in [2.05, 4.69) is 29.0 Å². The van der Waals surface area contributed by atoms with Crippen molar-refractivity contribution in [1.29, 1.82) is 0 Å². The van der Waals surface area contributed by atoms with Crippen LogP contribution in [0, 0.1) is 0 Å². The fourth-order valence-electron chi connectivity index (χ4n) is 3.14. The number of imidazole rings is 1. The number of aryl methyl sites for hydroxylation is 1. The van der Waals surface area contributed by atoms with Gasteiger partial charge in [0.05, 0.1) is 6.34 Å². The number of carbonyl (C=O) groups excluding carboxylic acids is 1. The molecule has 0 bridgehead atoms. The molecule has 1 aromatic heterocycles. The molecule has 0 radical (unpaired) electrons. The molecule has 0 aliphatic heterocycles. The standard InChI is InChI=1S/C24H28N4O/c1-4-5-7-10-19-13-15-21(16-14-19)28-18-26-24(25-17-27(2)3)22(28)23(29)20-11-8-6-9-12-20/h6,8-9,11-18H,4-5,7,10H2,1-3H3/b25-17+. The highest BCUT2D eigenvalue weighted by Gasteiger charge is 2.21. The molecule has 0 aliphatic carbocycles. The van der Waals surface area contributed by atoms with Crippen LogP contribution in [0.3, 0.4) is 0 Å². The summed E-state index contributed by atoms with van der Waals surface area (Å²) < 4.78 is 1.83. The summed E-state index contributed by atoms with van der Waals surface area (Å²) in [7, 11) is 3.77. The van der Waals surface area contributed by atoms with E-state index >= 15 is 0 Å². The smallest absolute Gasteiger partial charge is 0.213 e. The Hall–Kier alpha value is -3.21. The SMILES string of the molecule is CCCCCc1ccc(-n2cnc(/N=C/N(C)C)c2C(=O)c2ccccc2)cc1. The Balaban J connectivity index is 1.97. The number of carbonyl (C=O) groups is 1. The zero-order chi connectivity index (χ0) is 20.6. The Morgan fingerprint density at radius 2 is 1.79 bits per heavy atom. The summed E-state index contributed by atoms with van der Waals surface area (Å²) in [6, 6.07) is 17.6. The summed E-state index contributed by atoms with van der Waals surface area (Å²) in [5.41, 5.74) is 3.30. The van der Waals surface area contributed by atoms with Gasteiger partial charge in [0, 0.05) is 25.3 Å². The summed E-state index contributed by atoms with van der Waals surface area (Å²) >= 11 is 0. The van der Waals surface area contributed by atoms with Crippen LogP contribution < -0.4 is 0 Å². The van der Waals surface area contributed by atoms with Crippen molar-refractivity contribution >= 4 is 17.9 Å². The predicted octanol–water partition coefficient (Wildman–Crippen LogP) is 5.06. The fourth-order valence-corrected chi connectivity index (χ4v) is 3.14. The summed E-state index contributed by atoms with van der Waals surface area (Å²) in [5, 5.41) is 0. The van der Waals surface area contributed by atoms with Gasteiger partial charge in [-0.25, -0.2) is 9.98 Å². The van der Waals surface area contributed by atoms with Crippen LogP contribution in [0.25, 0.3) is 5.69 Å². The molecule has 2 aromatic carbocycles. The number of hydrogen-bond acceptors (Lipinski definition) is 3. The van der Waals surface area contributed by atoms with Gasteiger partial charge in [0.2, 0.25) is 5.78 Å². The van der Waals surface area contributed by atoms with Gasteiger partial charge >= 0.3 is 0 Å². The van der Waals surface area contributed by atoms with Gasteiger partial charge in [-0.1, -0.05) is 62.2 Å². The molecule has 0 unspecified atom stereocenters. The van der Waals surface area contributed by atoms with Gasteiger partial charge in [-0.3, -0.25) is 9.36 Å². The van der Waals surface area contributed by atoms with Crippen LogP contribution in [-0.4, -0.2) is 40.7 Å². The number of aromatic nitrogens is 2. The van der Waals surface area contributed by atoms with Gasteiger partial charge in [-0.05, 0) is 30.5 Å². The summed E-state index contributed by atoms with van der Waals surface area (Å²) in [6.45, 7) is 2.21. The van der Waals surface area contributed by atoms with Crippen LogP contribution in [-0.2, 0) is 6.42 Å². The molecule has 1 heterocycles. The molecule has 29 heavy (non-hydrogen) atoms. The first-order valence-electron chi connectivity index (χ1n) is 10.1. The van der Waals surface area contributed by atoms with Crippen LogP contribution in [0.4, 0.5) is 5.82 Å². The van der Waals surface area contributed by atoms with E-state index in [0.29, 0.717) is 17.1 Å². The van der Waals surface area contributed by atoms with Gasteiger partial charge in [0.25, 0.3) is 0 Å². The van der Waals surface area contributed by atoms with E-state index in [1.54, 1.807) is 12.7 Å².